The van der Waals surface area contributed by atoms with Gasteiger partial charge in [-0.2, -0.15) is 0 Å². The number of nitrogens with two attached hydrogens (primary N) is 1. The molecule has 0 bridgehead atoms. The number of fused-ring (bicyclic) bond motifs is 1. The van der Waals surface area contributed by atoms with Crippen molar-refractivity contribution in [2.45, 2.75) is 19.9 Å². The van der Waals surface area contributed by atoms with Gasteiger partial charge in [0.1, 0.15) is 0 Å². The van der Waals surface area contributed by atoms with Crippen LogP contribution in [0.2, 0.25) is 0 Å². The molecular formula is C13H13N3O2S. The molecule has 3 aromatic rings. The Hall–Kier alpha value is -2.08. The van der Waals surface area contributed by atoms with Crippen LogP contribution >= 0.6 is 11.3 Å². The molecule has 0 aliphatic heterocycles. The standard InChI is InChI=1S/C13H13N3O2S/c1-2-5-16-10-4-3-8(6-11(10)18-13(16)17)9-7-19-12(14)15-9/h3-4,6-7H,2,5H2,1H3,(H2,14,15). The van der Waals surface area contributed by atoms with Gasteiger partial charge in [0.05, 0.1) is 11.2 Å². The van der Waals surface area contributed by atoms with Crippen LogP contribution in [-0.2, 0) is 6.54 Å². The summed E-state index contributed by atoms with van der Waals surface area (Å²) >= 11 is 1.39. The number of aryl methyl sites for hydroxylation is 1. The molecule has 2 N–H and O–H groups in total. The van der Waals surface area contributed by atoms with Gasteiger partial charge in [-0.3, -0.25) is 4.57 Å². The van der Waals surface area contributed by atoms with Crippen molar-refractivity contribution in [2.75, 3.05) is 5.73 Å². The second-order valence-electron chi connectivity index (χ2n) is 4.27. The summed E-state index contributed by atoms with van der Waals surface area (Å²) in [4.78, 5) is 16.0. The highest BCUT2D eigenvalue weighted by atomic mass is 32.1. The van der Waals surface area contributed by atoms with Crippen LogP contribution in [0.15, 0.2) is 32.8 Å². The normalized spacial score (nSPS) is 11.2. The zero-order chi connectivity index (χ0) is 13.4. The molecule has 3 rings (SSSR count). The number of hydrogen-bond acceptors (Lipinski definition) is 5. The summed E-state index contributed by atoms with van der Waals surface area (Å²) < 4.78 is 6.92. The smallest absolute Gasteiger partial charge is 0.408 e. The first kappa shape index (κ1) is 12.0. The lowest BCUT2D eigenvalue weighted by Crippen LogP contribution is -2.13. The lowest BCUT2D eigenvalue weighted by molar-refractivity contribution is 0.502. The lowest BCUT2D eigenvalue weighted by atomic mass is 10.1. The Balaban J connectivity index is 2.14. The highest BCUT2D eigenvalue weighted by Crippen LogP contribution is 2.26. The molecule has 0 radical (unpaired) electrons. The Morgan fingerprint density at radius 2 is 2.32 bits per heavy atom. The number of nitrogens with zero attached hydrogens (tertiary/aromatic N) is 2. The highest BCUT2D eigenvalue weighted by Gasteiger charge is 2.10. The maximum Gasteiger partial charge on any atom is 0.419 e. The Morgan fingerprint density at radius 3 is 3.00 bits per heavy atom. The van der Waals surface area contributed by atoms with E-state index in [-0.39, 0.29) is 5.76 Å². The molecule has 0 saturated carbocycles. The molecule has 0 fully saturated rings. The molecule has 0 amide bonds. The van der Waals surface area contributed by atoms with Gasteiger partial charge in [0.2, 0.25) is 0 Å². The minimum absolute atomic E-state index is 0.313. The Bertz CT molecular complexity index is 785. The third kappa shape index (κ3) is 2.04. The summed E-state index contributed by atoms with van der Waals surface area (Å²) in [5.74, 6) is -0.313. The predicted octanol–water partition coefficient (Wildman–Crippen LogP) is 2.71. The van der Waals surface area contributed by atoms with Crippen LogP contribution in [0, 0.1) is 0 Å². The number of rotatable bonds is 3. The maximum atomic E-state index is 11.7. The van der Waals surface area contributed by atoms with Crippen LogP contribution in [-0.4, -0.2) is 9.55 Å². The molecule has 5 nitrogen and oxygen atoms in total. The molecule has 98 valence electrons. The third-order valence-corrected chi connectivity index (χ3v) is 3.61. The van der Waals surface area contributed by atoms with Crippen LogP contribution in [0.5, 0.6) is 0 Å². The quantitative estimate of drug-likeness (QED) is 0.797. The second-order valence-corrected chi connectivity index (χ2v) is 5.16. The van der Waals surface area contributed by atoms with Gasteiger partial charge in [-0.15, -0.1) is 11.3 Å². The summed E-state index contributed by atoms with van der Waals surface area (Å²) in [6.07, 6.45) is 0.888. The van der Waals surface area contributed by atoms with Crippen molar-refractivity contribution in [3.8, 4) is 11.3 Å². The molecule has 6 heteroatoms. The lowest BCUT2D eigenvalue weighted by Gasteiger charge is -1.99. The average Bonchev–Trinajstić information content (AvgIpc) is 2.94. The van der Waals surface area contributed by atoms with Gasteiger partial charge in [-0.25, -0.2) is 9.78 Å². The Morgan fingerprint density at radius 1 is 1.47 bits per heavy atom. The molecule has 2 heterocycles. The molecule has 19 heavy (non-hydrogen) atoms. The maximum absolute atomic E-state index is 11.7. The van der Waals surface area contributed by atoms with Crippen molar-refractivity contribution < 1.29 is 4.42 Å². The fourth-order valence-corrected chi connectivity index (χ4v) is 2.65. The molecule has 0 aliphatic carbocycles. The first-order valence-corrected chi connectivity index (χ1v) is 6.91. The van der Waals surface area contributed by atoms with Gasteiger partial charge < -0.3 is 10.2 Å². The van der Waals surface area contributed by atoms with Gasteiger partial charge in [0.15, 0.2) is 10.7 Å². The number of benzene rings is 1. The number of thiazole rings is 1. The van der Waals surface area contributed by atoms with Crippen LogP contribution in [0.4, 0.5) is 5.13 Å². The molecule has 0 unspecified atom stereocenters. The predicted molar refractivity (Wildman–Crippen MR) is 76.3 cm³/mol. The van der Waals surface area contributed by atoms with E-state index in [1.807, 2.05) is 30.5 Å². The summed E-state index contributed by atoms with van der Waals surface area (Å²) in [5, 5.41) is 2.41. The van der Waals surface area contributed by atoms with Crippen molar-refractivity contribution in [1.29, 1.82) is 0 Å². The molecular weight excluding hydrogens is 262 g/mol. The van der Waals surface area contributed by atoms with Crippen LogP contribution in [0.1, 0.15) is 13.3 Å². The van der Waals surface area contributed by atoms with Crippen molar-refractivity contribution in [3.05, 3.63) is 34.1 Å². The minimum atomic E-state index is -0.313. The zero-order valence-corrected chi connectivity index (χ0v) is 11.2. The van der Waals surface area contributed by atoms with E-state index in [0.29, 0.717) is 17.3 Å². The molecule has 1 aromatic carbocycles. The Kier molecular flexibility index (Phi) is 2.87. The molecule has 0 spiro atoms. The fourth-order valence-electron chi connectivity index (χ4n) is 2.08. The summed E-state index contributed by atoms with van der Waals surface area (Å²) in [5.41, 5.74) is 8.73. The van der Waals surface area contributed by atoms with Crippen molar-refractivity contribution in [3.63, 3.8) is 0 Å². The number of oxazole rings is 1. The van der Waals surface area contributed by atoms with E-state index in [1.54, 1.807) is 4.57 Å². The van der Waals surface area contributed by atoms with Crippen LogP contribution in [0.3, 0.4) is 0 Å². The van der Waals surface area contributed by atoms with E-state index in [2.05, 4.69) is 4.98 Å². The molecule has 0 saturated heterocycles. The SMILES string of the molecule is CCCn1c(=O)oc2cc(-c3csc(N)n3)ccc21. The second kappa shape index (κ2) is 4.55. The van der Waals surface area contributed by atoms with E-state index in [0.717, 1.165) is 23.2 Å². The first-order valence-electron chi connectivity index (χ1n) is 6.04. The van der Waals surface area contributed by atoms with E-state index >= 15 is 0 Å². The van der Waals surface area contributed by atoms with Gasteiger partial charge >= 0.3 is 5.76 Å². The Labute approximate surface area is 113 Å². The number of aromatic nitrogens is 2. The van der Waals surface area contributed by atoms with E-state index in [4.69, 9.17) is 10.2 Å². The zero-order valence-electron chi connectivity index (χ0n) is 10.4. The monoisotopic (exact) mass is 275 g/mol. The molecule has 0 aliphatic rings. The van der Waals surface area contributed by atoms with Gasteiger partial charge in [-0.05, 0) is 18.6 Å². The van der Waals surface area contributed by atoms with Gasteiger partial charge in [-0.1, -0.05) is 13.0 Å². The summed E-state index contributed by atoms with van der Waals surface area (Å²) in [7, 11) is 0. The number of hydrogen-bond donors (Lipinski definition) is 1. The summed E-state index contributed by atoms with van der Waals surface area (Å²) in [6.45, 7) is 2.69. The van der Waals surface area contributed by atoms with E-state index in [1.165, 1.54) is 11.3 Å². The minimum Gasteiger partial charge on any atom is -0.408 e. The highest BCUT2D eigenvalue weighted by molar-refractivity contribution is 7.13. The largest absolute Gasteiger partial charge is 0.419 e. The van der Waals surface area contributed by atoms with Crippen molar-refractivity contribution in [2.24, 2.45) is 0 Å². The van der Waals surface area contributed by atoms with Crippen LogP contribution in [0.25, 0.3) is 22.4 Å². The molecule has 2 aromatic heterocycles. The third-order valence-electron chi connectivity index (χ3n) is 2.93. The average molecular weight is 275 g/mol. The van der Waals surface area contributed by atoms with E-state index in [9.17, 15) is 4.79 Å². The van der Waals surface area contributed by atoms with Crippen molar-refractivity contribution in [1.82, 2.24) is 9.55 Å². The molecule has 0 atom stereocenters. The summed E-state index contributed by atoms with van der Waals surface area (Å²) in [6, 6.07) is 5.65. The van der Waals surface area contributed by atoms with Gasteiger partial charge in [0.25, 0.3) is 0 Å². The van der Waals surface area contributed by atoms with Crippen molar-refractivity contribution >= 4 is 27.6 Å². The number of nitrogen functional groups attached to an aromatic ring is 1. The van der Waals surface area contributed by atoms with Crippen LogP contribution < -0.4 is 11.5 Å². The van der Waals surface area contributed by atoms with Gasteiger partial charge in [0, 0.05) is 17.5 Å². The first-order chi connectivity index (χ1) is 9.19. The van der Waals surface area contributed by atoms with E-state index < -0.39 is 0 Å². The number of anilines is 1. The topological polar surface area (TPSA) is 74.0 Å². The fraction of sp³-hybridized carbons (Fsp3) is 0.231.